The van der Waals surface area contributed by atoms with Crippen LogP contribution in [0.1, 0.15) is 53.1 Å². The molecule has 0 radical (unpaired) electrons. The molecule has 1 aromatic heterocycles. The van der Waals surface area contributed by atoms with E-state index in [0.717, 1.165) is 36.8 Å². The number of rotatable bonds is 4. The van der Waals surface area contributed by atoms with Gasteiger partial charge in [-0.3, -0.25) is 4.79 Å². The number of amides is 1. The molecule has 0 saturated carbocycles. The number of likely N-dealkylation sites (tertiary alicyclic amines) is 1. The van der Waals surface area contributed by atoms with Gasteiger partial charge in [0.1, 0.15) is 0 Å². The number of fused-ring (bicyclic) bond motifs is 1. The summed E-state index contributed by atoms with van der Waals surface area (Å²) < 4.78 is 27.5. The van der Waals surface area contributed by atoms with Crippen LogP contribution in [0.2, 0.25) is 0 Å². The highest BCUT2D eigenvalue weighted by Gasteiger charge is 2.30. The van der Waals surface area contributed by atoms with E-state index in [1.165, 1.54) is 15.3 Å². The molecule has 2 aromatic carbocycles. The first-order valence-corrected chi connectivity index (χ1v) is 12.9. The molecule has 0 spiro atoms. The van der Waals surface area contributed by atoms with Crippen LogP contribution >= 0.6 is 0 Å². The first-order valence-electron chi connectivity index (χ1n) is 11.4. The van der Waals surface area contributed by atoms with Crippen molar-refractivity contribution in [2.45, 2.75) is 43.4 Å². The molecular weight excluding hydrogens is 422 g/mol. The van der Waals surface area contributed by atoms with Crippen molar-refractivity contribution in [3.05, 3.63) is 65.4 Å². The summed E-state index contributed by atoms with van der Waals surface area (Å²) in [4.78, 5) is 18.8. The number of hydrogen-bond acceptors (Lipinski definition) is 3. The van der Waals surface area contributed by atoms with E-state index in [4.69, 9.17) is 0 Å². The molecule has 6 nitrogen and oxygen atoms in total. The minimum absolute atomic E-state index is 0.0710. The van der Waals surface area contributed by atoms with Crippen molar-refractivity contribution in [3.8, 4) is 0 Å². The lowest BCUT2D eigenvalue weighted by Gasteiger charge is -2.32. The lowest BCUT2D eigenvalue weighted by Crippen LogP contribution is -2.38. The molecule has 0 bridgehead atoms. The van der Waals surface area contributed by atoms with E-state index >= 15 is 0 Å². The van der Waals surface area contributed by atoms with Crippen molar-refractivity contribution in [3.63, 3.8) is 0 Å². The molecular formula is C25H29N3O3S. The number of aromatic amines is 1. The Kier molecular flexibility index (Phi) is 5.55. The number of sulfonamides is 1. The third kappa shape index (κ3) is 3.73. The number of nitrogens with zero attached hydrogens (tertiary/aromatic N) is 2. The third-order valence-corrected chi connectivity index (χ3v) is 8.88. The fourth-order valence-electron chi connectivity index (χ4n) is 5.07. The molecule has 7 heteroatoms. The Balaban J connectivity index is 1.33. The van der Waals surface area contributed by atoms with E-state index in [-0.39, 0.29) is 10.8 Å². The molecule has 32 heavy (non-hydrogen) atoms. The van der Waals surface area contributed by atoms with E-state index < -0.39 is 10.0 Å². The van der Waals surface area contributed by atoms with Gasteiger partial charge in [0.05, 0.1) is 4.90 Å². The second-order valence-corrected chi connectivity index (χ2v) is 10.9. The average molecular weight is 452 g/mol. The quantitative estimate of drug-likeness (QED) is 0.643. The van der Waals surface area contributed by atoms with E-state index in [9.17, 15) is 13.2 Å². The van der Waals surface area contributed by atoms with Crippen LogP contribution in [0.15, 0.2) is 53.6 Å². The molecule has 0 unspecified atom stereocenters. The second kappa shape index (κ2) is 8.37. The molecule has 5 rings (SSSR count). The summed E-state index contributed by atoms with van der Waals surface area (Å²) in [5.41, 5.74) is 3.78. The lowest BCUT2D eigenvalue weighted by molar-refractivity contribution is 0.0712. The van der Waals surface area contributed by atoms with Gasteiger partial charge in [0.15, 0.2) is 0 Å². The molecule has 168 valence electrons. The zero-order valence-corrected chi connectivity index (χ0v) is 19.2. The number of aryl methyl sites for hydroxylation is 1. The number of hydrogen-bond donors (Lipinski definition) is 1. The summed E-state index contributed by atoms with van der Waals surface area (Å²) in [5.74, 6) is 0.344. The Morgan fingerprint density at radius 2 is 1.72 bits per heavy atom. The summed E-state index contributed by atoms with van der Waals surface area (Å²) in [6.07, 6.45) is 5.69. The molecule has 0 aliphatic carbocycles. The molecule has 3 aromatic rings. The van der Waals surface area contributed by atoms with Gasteiger partial charge >= 0.3 is 0 Å². The van der Waals surface area contributed by atoms with Crippen LogP contribution in [0.4, 0.5) is 0 Å². The zero-order chi connectivity index (χ0) is 22.3. The van der Waals surface area contributed by atoms with E-state index in [1.54, 1.807) is 18.2 Å². The van der Waals surface area contributed by atoms with Crippen LogP contribution in [-0.4, -0.2) is 54.7 Å². The Morgan fingerprint density at radius 1 is 1.00 bits per heavy atom. The van der Waals surface area contributed by atoms with Crippen molar-refractivity contribution < 1.29 is 13.2 Å². The number of aromatic nitrogens is 1. The predicted molar refractivity (Wildman–Crippen MR) is 125 cm³/mol. The number of H-pyrrole nitrogens is 1. The van der Waals surface area contributed by atoms with Gasteiger partial charge in [0.2, 0.25) is 10.0 Å². The maximum atomic E-state index is 13.3. The fraction of sp³-hybridized carbons (Fsp3) is 0.400. The van der Waals surface area contributed by atoms with Gasteiger partial charge in [-0.25, -0.2) is 8.42 Å². The van der Waals surface area contributed by atoms with Gasteiger partial charge in [-0.1, -0.05) is 24.3 Å². The zero-order valence-electron chi connectivity index (χ0n) is 18.4. The predicted octanol–water partition coefficient (Wildman–Crippen LogP) is 4.28. The number of carbonyl (C=O) groups excluding carboxylic acids is 1. The molecule has 0 atom stereocenters. The Bertz CT molecular complexity index is 1250. The number of benzene rings is 2. The smallest absolute Gasteiger partial charge is 0.254 e. The molecule has 1 N–H and O–H groups in total. The summed E-state index contributed by atoms with van der Waals surface area (Å²) in [6.45, 7) is 4.33. The Labute approximate surface area is 189 Å². The van der Waals surface area contributed by atoms with E-state index in [2.05, 4.69) is 29.4 Å². The van der Waals surface area contributed by atoms with Crippen molar-refractivity contribution in [2.75, 3.05) is 26.2 Å². The minimum Gasteiger partial charge on any atom is -0.361 e. The monoisotopic (exact) mass is 451 g/mol. The van der Waals surface area contributed by atoms with Crippen LogP contribution in [0.25, 0.3) is 10.9 Å². The van der Waals surface area contributed by atoms with Crippen molar-refractivity contribution >= 4 is 26.8 Å². The molecule has 2 aliphatic heterocycles. The van der Waals surface area contributed by atoms with Crippen LogP contribution in [0.3, 0.4) is 0 Å². The van der Waals surface area contributed by atoms with Gasteiger partial charge in [0.25, 0.3) is 5.91 Å². The summed E-state index contributed by atoms with van der Waals surface area (Å²) in [7, 11) is -3.54. The van der Waals surface area contributed by atoms with Crippen LogP contribution in [0.5, 0.6) is 0 Å². The molecule has 3 heterocycles. The molecule has 1 amide bonds. The minimum atomic E-state index is -3.54. The molecule has 2 saturated heterocycles. The van der Waals surface area contributed by atoms with Gasteiger partial charge < -0.3 is 9.88 Å². The van der Waals surface area contributed by atoms with Gasteiger partial charge in [0, 0.05) is 48.8 Å². The average Bonchev–Trinajstić information content (AvgIpc) is 3.50. The van der Waals surface area contributed by atoms with E-state index in [0.29, 0.717) is 37.7 Å². The summed E-state index contributed by atoms with van der Waals surface area (Å²) in [5, 5.41) is 1.26. The second-order valence-electron chi connectivity index (χ2n) is 8.94. The van der Waals surface area contributed by atoms with Crippen molar-refractivity contribution in [1.82, 2.24) is 14.2 Å². The van der Waals surface area contributed by atoms with Gasteiger partial charge in [-0.15, -0.1) is 0 Å². The maximum absolute atomic E-state index is 13.3. The van der Waals surface area contributed by atoms with Crippen LogP contribution in [-0.2, 0) is 10.0 Å². The molecule has 2 aliphatic rings. The van der Waals surface area contributed by atoms with Crippen LogP contribution < -0.4 is 0 Å². The topological polar surface area (TPSA) is 73.5 Å². The number of carbonyl (C=O) groups is 1. The van der Waals surface area contributed by atoms with Crippen LogP contribution in [0, 0.1) is 6.92 Å². The highest BCUT2D eigenvalue weighted by molar-refractivity contribution is 7.89. The third-order valence-electron chi connectivity index (χ3n) is 6.99. The summed E-state index contributed by atoms with van der Waals surface area (Å²) >= 11 is 0. The fourth-order valence-corrected chi connectivity index (χ4v) is 6.61. The first-order chi connectivity index (χ1) is 15.4. The number of para-hydroxylation sites is 1. The largest absolute Gasteiger partial charge is 0.361 e. The summed E-state index contributed by atoms with van der Waals surface area (Å²) in [6, 6.07) is 13.3. The van der Waals surface area contributed by atoms with E-state index in [1.807, 2.05) is 17.9 Å². The Morgan fingerprint density at radius 3 is 2.47 bits per heavy atom. The number of piperidine rings is 1. The molecule has 2 fully saturated rings. The number of nitrogens with one attached hydrogen (secondary N) is 1. The first kappa shape index (κ1) is 21.2. The van der Waals surface area contributed by atoms with Gasteiger partial charge in [-0.05, 0) is 67.9 Å². The van der Waals surface area contributed by atoms with Gasteiger partial charge in [-0.2, -0.15) is 4.31 Å². The SMILES string of the molecule is Cc1ccc(S(=O)(=O)N2CCCC2)cc1C(=O)N1CCC(c2c[nH]c3ccccc23)CC1. The highest BCUT2D eigenvalue weighted by atomic mass is 32.2. The van der Waals surface area contributed by atoms with Crippen molar-refractivity contribution in [2.24, 2.45) is 0 Å². The highest BCUT2D eigenvalue weighted by Crippen LogP contribution is 2.34. The Hall–Kier alpha value is -2.64. The standard InChI is InChI=1S/C25H29N3O3S/c1-18-8-9-20(32(30,31)28-12-4-5-13-28)16-22(18)25(29)27-14-10-19(11-15-27)23-17-26-24-7-3-2-6-21(23)24/h2-3,6-9,16-17,19,26H,4-5,10-15H2,1H3. The normalized spacial score (nSPS) is 18.5. The maximum Gasteiger partial charge on any atom is 0.254 e. The lowest BCUT2D eigenvalue weighted by atomic mass is 9.89. The van der Waals surface area contributed by atoms with Crippen molar-refractivity contribution in [1.29, 1.82) is 0 Å².